The van der Waals surface area contributed by atoms with Crippen LogP contribution in [0.2, 0.25) is 10.0 Å². The van der Waals surface area contributed by atoms with Crippen molar-refractivity contribution in [2.75, 3.05) is 13.2 Å². The van der Waals surface area contributed by atoms with Crippen LogP contribution in [0.5, 0.6) is 11.5 Å². The molecule has 0 aliphatic carbocycles. The molecule has 1 saturated heterocycles. The molecular formula is C21H25Cl2NO3. The second-order valence-electron chi connectivity index (χ2n) is 7.14. The molecule has 2 aromatic carbocycles. The molecule has 0 spiro atoms. The normalized spacial score (nSPS) is 20.7. The maximum absolute atomic E-state index is 10.4. The van der Waals surface area contributed by atoms with E-state index in [1.54, 1.807) is 18.2 Å². The molecule has 27 heavy (non-hydrogen) atoms. The lowest BCUT2D eigenvalue weighted by molar-refractivity contribution is 0.0756. The zero-order valence-electron chi connectivity index (χ0n) is 15.5. The molecule has 1 aliphatic rings. The van der Waals surface area contributed by atoms with Gasteiger partial charge < -0.3 is 19.9 Å². The zero-order chi connectivity index (χ0) is 19.4. The Labute approximate surface area is 170 Å². The molecule has 6 heteroatoms. The minimum absolute atomic E-state index is 0.0179. The number of rotatable bonds is 7. The summed E-state index contributed by atoms with van der Waals surface area (Å²) in [7, 11) is 0. The second-order valence-corrected chi connectivity index (χ2v) is 7.93. The molecule has 0 bridgehead atoms. The van der Waals surface area contributed by atoms with Gasteiger partial charge in [0.2, 0.25) is 0 Å². The number of aliphatic hydroxyl groups excluding tert-OH is 1. The zero-order valence-corrected chi connectivity index (χ0v) is 17.0. The quantitative estimate of drug-likeness (QED) is 0.697. The lowest BCUT2D eigenvalue weighted by Crippen LogP contribution is -2.38. The van der Waals surface area contributed by atoms with E-state index in [-0.39, 0.29) is 18.8 Å². The van der Waals surface area contributed by atoms with Gasteiger partial charge in [-0.2, -0.15) is 0 Å². The summed E-state index contributed by atoms with van der Waals surface area (Å²) in [6.07, 6.45) is 0.0565. The summed E-state index contributed by atoms with van der Waals surface area (Å²) in [5, 5.41) is 14.5. The van der Waals surface area contributed by atoms with Gasteiger partial charge in [0.1, 0.15) is 35.3 Å². The van der Waals surface area contributed by atoms with E-state index in [4.69, 9.17) is 32.7 Å². The van der Waals surface area contributed by atoms with Crippen LogP contribution in [-0.2, 0) is 0 Å². The lowest BCUT2D eigenvalue weighted by atomic mass is 10.0. The molecule has 2 aromatic rings. The maximum Gasteiger partial charge on any atom is 0.139 e. The predicted molar refractivity (Wildman–Crippen MR) is 109 cm³/mol. The first-order valence-electron chi connectivity index (χ1n) is 9.19. The van der Waals surface area contributed by atoms with Crippen molar-refractivity contribution < 1.29 is 14.6 Å². The van der Waals surface area contributed by atoms with Crippen LogP contribution >= 0.6 is 23.2 Å². The van der Waals surface area contributed by atoms with E-state index < -0.39 is 6.10 Å². The van der Waals surface area contributed by atoms with Gasteiger partial charge in [-0.15, -0.1) is 0 Å². The Hall–Kier alpha value is -1.46. The van der Waals surface area contributed by atoms with Gasteiger partial charge in [-0.3, -0.25) is 0 Å². The third kappa shape index (κ3) is 5.29. The van der Waals surface area contributed by atoms with Crippen molar-refractivity contribution in [1.82, 2.24) is 5.32 Å². The Bertz CT molecular complexity index is 752. The molecule has 1 fully saturated rings. The van der Waals surface area contributed by atoms with Crippen molar-refractivity contribution in [1.29, 1.82) is 0 Å². The Morgan fingerprint density at radius 2 is 1.89 bits per heavy atom. The van der Waals surface area contributed by atoms with E-state index in [9.17, 15) is 5.11 Å². The number of hydrogen-bond donors (Lipinski definition) is 2. The Kier molecular flexibility index (Phi) is 6.88. The van der Waals surface area contributed by atoms with Crippen LogP contribution in [0.4, 0.5) is 0 Å². The van der Waals surface area contributed by atoms with Crippen molar-refractivity contribution >= 4 is 23.2 Å². The Morgan fingerprint density at radius 1 is 1.15 bits per heavy atom. The number of halogens is 2. The Morgan fingerprint density at radius 3 is 2.59 bits per heavy atom. The summed E-state index contributed by atoms with van der Waals surface area (Å²) >= 11 is 12.1. The van der Waals surface area contributed by atoms with Gasteiger partial charge in [-0.1, -0.05) is 55.2 Å². The standard InChI is InChI=1S/C21H25Cl2NO3/c1-13(2)14-6-8-15(9-7-14)27-16-10-18(24-11-16)19(25)12-26-20-5-3-4-17(22)21(20)23/h3-9,13,16,18-19,24-25H,10-12H2,1-2H3/t16-,18-,19?/m0/s1. The minimum Gasteiger partial charge on any atom is -0.489 e. The van der Waals surface area contributed by atoms with E-state index in [1.165, 1.54) is 5.56 Å². The van der Waals surface area contributed by atoms with Gasteiger partial charge in [0.15, 0.2) is 0 Å². The van der Waals surface area contributed by atoms with Gasteiger partial charge in [0, 0.05) is 19.0 Å². The van der Waals surface area contributed by atoms with Crippen LogP contribution in [0.15, 0.2) is 42.5 Å². The van der Waals surface area contributed by atoms with Crippen molar-refractivity contribution in [3.63, 3.8) is 0 Å². The van der Waals surface area contributed by atoms with Crippen LogP contribution < -0.4 is 14.8 Å². The topological polar surface area (TPSA) is 50.7 Å². The molecular weight excluding hydrogens is 385 g/mol. The molecule has 4 nitrogen and oxygen atoms in total. The van der Waals surface area contributed by atoms with Crippen LogP contribution in [0.25, 0.3) is 0 Å². The van der Waals surface area contributed by atoms with Crippen LogP contribution in [0, 0.1) is 0 Å². The number of aliphatic hydroxyl groups is 1. The Balaban J connectivity index is 1.49. The van der Waals surface area contributed by atoms with Gasteiger partial charge in [-0.05, 0) is 35.7 Å². The monoisotopic (exact) mass is 409 g/mol. The first-order valence-corrected chi connectivity index (χ1v) is 9.94. The average molecular weight is 410 g/mol. The first-order chi connectivity index (χ1) is 12.9. The SMILES string of the molecule is CC(C)c1ccc(O[C@@H]2CN[C@H](C(O)COc3cccc(Cl)c3Cl)C2)cc1. The summed E-state index contributed by atoms with van der Waals surface area (Å²) in [5.41, 5.74) is 1.29. The molecule has 1 aliphatic heterocycles. The first kappa shape index (κ1) is 20.3. The number of benzene rings is 2. The molecule has 3 atom stereocenters. The summed E-state index contributed by atoms with van der Waals surface area (Å²) in [5.74, 6) is 1.82. The van der Waals surface area contributed by atoms with Gasteiger partial charge >= 0.3 is 0 Å². The molecule has 0 radical (unpaired) electrons. The second kappa shape index (κ2) is 9.16. The number of hydrogen-bond acceptors (Lipinski definition) is 4. The average Bonchev–Trinajstić information content (AvgIpc) is 3.12. The molecule has 146 valence electrons. The highest BCUT2D eigenvalue weighted by Crippen LogP contribution is 2.31. The highest BCUT2D eigenvalue weighted by atomic mass is 35.5. The molecule has 0 saturated carbocycles. The summed E-state index contributed by atoms with van der Waals surface area (Å²) in [6, 6.07) is 13.3. The predicted octanol–water partition coefficient (Wildman–Crippen LogP) is 4.67. The summed E-state index contributed by atoms with van der Waals surface area (Å²) in [6.45, 7) is 5.15. The van der Waals surface area contributed by atoms with Crippen molar-refractivity contribution in [2.45, 2.75) is 44.4 Å². The van der Waals surface area contributed by atoms with Gasteiger partial charge in [0.25, 0.3) is 0 Å². The summed E-state index contributed by atoms with van der Waals surface area (Å²) < 4.78 is 11.7. The van der Waals surface area contributed by atoms with Crippen LogP contribution in [-0.4, -0.2) is 36.5 Å². The number of nitrogens with one attached hydrogen (secondary N) is 1. The molecule has 2 N–H and O–H groups in total. The fourth-order valence-electron chi connectivity index (χ4n) is 3.13. The van der Waals surface area contributed by atoms with E-state index >= 15 is 0 Å². The van der Waals surface area contributed by atoms with Crippen LogP contribution in [0.1, 0.15) is 31.7 Å². The van der Waals surface area contributed by atoms with E-state index in [1.807, 2.05) is 12.1 Å². The highest BCUT2D eigenvalue weighted by Gasteiger charge is 2.31. The third-order valence-corrected chi connectivity index (χ3v) is 5.57. The van der Waals surface area contributed by atoms with E-state index in [2.05, 4.69) is 31.3 Å². The highest BCUT2D eigenvalue weighted by molar-refractivity contribution is 6.42. The van der Waals surface area contributed by atoms with Gasteiger partial charge in [0.05, 0.1) is 5.02 Å². The molecule has 0 amide bonds. The van der Waals surface area contributed by atoms with Crippen molar-refractivity contribution in [3.8, 4) is 11.5 Å². The van der Waals surface area contributed by atoms with E-state index in [0.717, 1.165) is 5.75 Å². The molecule has 1 heterocycles. The fraction of sp³-hybridized carbons (Fsp3) is 0.429. The molecule has 0 aromatic heterocycles. The van der Waals surface area contributed by atoms with Gasteiger partial charge in [-0.25, -0.2) is 0 Å². The fourth-order valence-corrected chi connectivity index (χ4v) is 3.47. The van der Waals surface area contributed by atoms with Crippen molar-refractivity contribution in [3.05, 3.63) is 58.1 Å². The van der Waals surface area contributed by atoms with E-state index in [0.29, 0.717) is 34.7 Å². The molecule has 1 unspecified atom stereocenters. The smallest absolute Gasteiger partial charge is 0.139 e. The largest absolute Gasteiger partial charge is 0.489 e. The lowest BCUT2D eigenvalue weighted by Gasteiger charge is -2.19. The number of ether oxygens (including phenoxy) is 2. The maximum atomic E-state index is 10.4. The van der Waals surface area contributed by atoms with Crippen LogP contribution in [0.3, 0.4) is 0 Å². The minimum atomic E-state index is -0.669. The van der Waals surface area contributed by atoms with Crippen molar-refractivity contribution in [2.24, 2.45) is 0 Å². The molecule has 3 rings (SSSR count). The summed E-state index contributed by atoms with van der Waals surface area (Å²) in [4.78, 5) is 0. The third-order valence-electron chi connectivity index (χ3n) is 4.76.